The third-order valence-electron chi connectivity index (χ3n) is 4.32. The summed E-state index contributed by atoms with van der Waals surface area (Å²) in [6.07, 6.45) is 2.56. The quantitative estimate of drug-likeness (QED) is 0.627. The van der Waals surface area contributed by atoms with Crippen molar-refractivity contribution in [1.29, 1.82) is 0 Å². The summed E-state index contributed by atoms with van der Waals surface area (Å²) in [5.41, 5.74) is 2.26. The Morgan fingerprint density at radius 1 is 1.29 bits per heavy atom. The minimum atomic E-state index is -0.867. The molecule has 144 valence electrons. The summed E-state index contributed by atoms with van der Waals surface area (Å²) in [5.74, 6) is -0.138. The molecular weight excluding hydrogens is 405 g/mol. The Morgan fingerprint density at radius 3 is 2.79 bits per heavy atom. The molecule has 1 N–H and O–H groups in total. The number of aromatic nitrogens is 4. The van der Waals surface area contributed by atoms with E-state index in [1.54, 1.807) is 12.1 Å². The molecule has 3 aromatic heterocycles. The Labute approximate surface area is 169 Å². The van der Waals surface area contributed by atoms with Crippen LogP contribution in [0.5, 0.6) is 5.75 Å². The number of hydrogen-bond acceptors (Lipinski definition) is 7. The first-order valence-corrected chi connectivity index (χ1v) is 9.61. The second kappa shape index (κ2) is 7.40. The molecule has 7 nitrogen and oxygen atoms in total. The molecule has 3 heterocycles. The molecule has 3 aromatic rings. The van der Waals surface area contributed by atoms with Crippen LogP contribution in [0.2, 0.25) is 5.15 Å². The largest absolute Gasteiger partial charge is 0.494 e. The molecule has 0 spiro atoms. The number of pyridine rings is 2. The van der Waals surface area contributed by atoms with Crippen molar-refractivity contribution in [3.8, 4) is 16.9 Å². The molecule has 10 heteroatoms. The molecule has 28 heavy (non-hydrogen) atoms. The zero-order valence-corrected chi connectivity index (χ0v) is 16.5. The Balaban J connectivity index is 1.67. The van der Waals surface area contributed by atoms with Gasteiger partial charge in [0.25, 0.3) is 5.91 Å². The van der Waals surface area contributed by atoms with Crippen molar-refractivity contribution in [3.63, 3.8) is 0 Å². The van der Waals surface area contributed by atoms with Crippen LogP contribution in [0.4, 0.5) is 9.52 Å². The van der Waals surface area contributed by atoms with Crippen molar-refractivity contribution in [1.82, 2.24) is 20.2 Å². The highest BCUT2D eigenvalue weighted by atomic mass is 35.5. The summed E-state index contributed by atoms with van der Waals surface area (Å²) in [6.45, 7) is 1.82. The summed E-state index contributed by atoms with van der Waals surface area (Å²) < 4.78 is 18.6. The van der Waals surface area contributed by atoms with E-state index >= 15 is 0 Å². The lowest BCUT2D eigenvalue weighted by molar-refractivity contribution is 0.102. The van der Waals surface area contributed by atoms with Crippen molar-refractivity contribution in [3.05, 3.63) is 45.9 Å². The number of anilines is 1. The topological polar surface area (TPSA) is 89.9 Å². The normalized spacial score (nSPS) is 18.0. The van der Waals surface area contributed by atoms with Crippen LogP contribution in [0.1, 0.15) is 33.4 Å². The molecule has 0 unspecified atom stereocenters. The maximum absolute atomic E-state index is 13.2. The van der Waals surface area contributed by atoms with Gasteiger partial charge in [0.1, 0.15) is 22.1 Å². The van der Waals surface area contributed by atoms with Gasteiger partial charge in [-0.25, -0.2) is 9.37 Å². The fourth-order valence-electron chi connectivity index (χ4n) is 2.77. The molecule has 1 aliphatic carbocycles. The van der Waals surface area contributed by atoms with E-state index in [9.17, 15) is 9.18 Å². The zero-order valence-electron chi connectivity index (χ0n) is 14.9. The average Bonchev–Trinajstić information content (AvgIpc) is 3.22. The molecule has 0 radical (unpaired) electrons. The van der Waals surface area contributed by atoms with Crippen LogP contribution in [0.3, 0.4) is 0 Å². The first-order valence-electron chi connectivity index (χ1n) is 8.41. The molecule has 0 bridgehead atoms. The van der Waals surface area contributed by atoms with Gasteiger partial charge in [-0.1, -0.05) is 22.9 Å². The van der Waals surface area contributed by atoms with Gasteiger partial charge in [0.2, 0.25) is 5.13 Å². The molecule has 2 atom stereocenters. The molecule has 0 aliphatic heterocycles. The lowest BCUT2D eigenvalue weighted by atomic mass is 10.0. The fourth-order valence-corrected chi connectivity index (χ4v) is 3.83. The van der Waals surface area contributed by atoms with Gasteiger partial charge >= 0.3 is 0 Å². The van der Waals surface area contributed by atoms with Crippen LogP contribution >= 0.6 is 22.9 Å². The smallest absolute Gasteiger partial charge is 0.259 e. The third-order valence-corrected chi connectivity index (χ3v) is 5.50. The van der Waals surface area contributed by atoms with E-state index in [0.29, 0.717) is 39.0 Å². The van der Waals surface area contributed by atoms with Gasteiger partial charge in [0.05, 0.1) is 18.9 Å². The molecule has 1 aliphatic rings. The molecule has 1 saturated carbocycles. The Hall–Kier alpha value is -2.65. The van der Waals surface area contributed by atoms with E-state index < -0.39 is 12.1 Å². The van der Waals surface area contributed by atoms with Crippen LogP contribution in [0.25, 0.3) is 11.1 Å². The number of amides is 1. The number of nitrogens with zero attached hydrogens (tertiary/aromatic N) is 4. The van der Waals surface area contributed by atoms with Gasteiger partial charge in [-0.2, -0.15) is 0 Å². The number of halogens is 2. The highest BCUT2D eigenvalue weighted by Gasteiger charge is 2.41. The number of rotatable bonds is 5. The van der Waals surface area contributed by atoms with Crippen molar-refractivity contribution < 1.29 is 13.9 Å². The van der Waals surface area contributed by atoms with E-state index in [0.717, 1.165) is 5.69 Å². The monoisotopic (exact) mass is 419 g/mol. The highest BCUT2D eigenvalue weighted by Crippen LogP contribution is 2.45. The van der Waals surface area contributed by atoms with Crippen molar-refractivity contribution >= 4 is 34.0 Å². The lowest BCUT2D eigenvalue weighted by Gasteiger charge is -2.13. The number of methoxy groups -OCH3 is 1. The van der Waals surface area contributed by atoms with E-state index in [4.69, 9.17) is 16.3 Å². The van der Waals surface area contributed by atoms with E-state index in [1.807, 2.05) is 6.92 Å². The van der Waals surface area contributed by atoms with Gasteiger partial charge < -0.3 is 4.74 Å². The average molecular weight is 420 g/mol. The summed E-state index contributed by atoms with van der Waals surface area (Å²) in [4.78, 5) is 21.1. The van der Waals surface area contributed by atoms with Crippen molar-refractivity contribution in [2.45, 2.75) is 25.4 Å². The predicted octanol–water partition coefficient (Wildman–Crippen LogP) is 4.04. The molecular formula is C18H15ClFN5O2S. The van der Waals surface area contributed by atoms with Crippen LogP contribution < -0.4 is 10.1 Å². The van der Waals surface area contributed by atoms with E-state index in [-0.39, 0.29) is 11.1 Å². The Kier molecular flexibility index (Phi) is 4.94. The predicted molar refractivity (Wildman–Crippen MR) is 104 cm³/mol. The lowest BCUT2D eigenvalue weighted by Crippen LogP contribution is -2.14. The minimum Gasteiger partial charge on any atom is -0.494 e. The second-order valence-corrected chi connectivity index (χ2v) is 7.73. The fraction of sp³-hybridized carbons (Fsp3) is 0.278. The Bertz CT molecular complexity index is 1060. The number of carbonyl (C=O) groups excluding carboxylic acids is 1. The first-order chi connectivity index (χ1) is 13.5. The van der Waals surface area contributed by atoms with Gasteiger partial charge in [0, 0.05) is 28.9 Å². The number of aryl methyl sites for hydroxylation is 1. The number of hydrogen-bond donors (Lipinski definition) is 1. The van der Waals surface area contributed by atoms with Gasteiger partial charge in [-0.15, -0.1) is 10.2 Å². The van der Waals surface area contributed by atoms with Crippen LogP contribution in [0, 0.1) is 6.92 Å². The Morgan fingerprint density at radius 2 is 2.07 bits per heavy atom. The first kappa shape index (κ1) is 18.7. The zero-order chi connectivity index (χ0) is 19.8. The number of alkyl halides is 1. The standard InChI is InChI=1S/C18H15ClFN5O2S/c1-8-3-9(10-5-15(19)22-7-14(10)27-2)12(6-21-8)16(26)23-18-25-24-17(28-18)11-4-13(11)20/h3,5-7,11,13H,4H2,1-2H3,(H,23,25,26)/t11-,13-/m1/s1. The molecule has 1 fully saturated rings. The SMILES string of the molecule is COc1cnc(Cl)cc1-c1cc(C)ncc1C(=O)Nc1nnc([C@@H]2C[C@H]2F)s1. The summed E-state index contributed by atoms with van der Waals surface area (Å²) >= 11 is 7.22. The maximum Gasteiger partial charge on any atom is 0.259 e. The van der Waals surface area contributed by atoms with Gasteiger partial charge in [-0.05, 0) is 25.5 Å². The van der Waals surface area contributed by atoms with Crippen LogP contribution in [-0.2, 0) is 0 Å². The van der Waals surface area contributed by atoms with Gasteiger partial charge in [-0.3, -0.25) is 15.1 Å². The van der Waals surface area contributed by atoms with Gasteiger partial charge in [0.15, 0.2) is 0 Å². The van der Waals surface area contributed by atoms with Crippen LogP contribution in [-0.4, -0.2) is 39.4 Å². The summed E-state index contributed by atoms with van der Waals surface area (Å²) in [7, 11) is 1.51. The van der Waals surface area contributed by atoms with Crippen molar-refractivity contribution in [2.75, 3.05) is 12.4 Å². The molecule has 4 rings (SSSR count). The number of nitrogens with one attached hydrogen (secondary N) is 1. The highest BCUT2D eigenvalue weighted by molar-refractivity contribution is 7.15. The minimum absolute atomic E-state index is 0.206. The summed E-state index contributed by atoms with van der Waals surface area (Å²) in [6, 6.07) is 3.40. The molecule has 0 aromatic carbocycles. The maximum atomic E-state index is 13.2. The van der Waals surface area contributed by atoms with Crippen molar-refractivity contribution in [2.24, 2.45) is 0 Å². The van der Waals surface area contributed by atoms with E-state index in [1.165, 1.54) is 30.8 Å². The molecule has 0 saturated heterocycles. The summed E-state index contributed by atoms with van der Waals surface area (Å²) in [5, 5.41) is 11.8. The second-order valence-electron chi connectivity index (χ2n) is 6.34. The number of ether oxygens (including phenoxy) is 1. The number of carbonyl (C=O) groups is 1. The van der Waals surface area contributed by atoms with E-state index in [2.05, 4.69) is 25.5 Å². The molecule has 1 amide bonds. The third kappa shape index (κ3) is 3.67. The van der Waals surface area contributed by atoms with Crippen LogP contribution in [0.15, 0.2) is 24.5 Å².